The van der Waals surface area contributed by atoms with E-state index in [2.05, 4.69) is 16.2 Å². The summed E-state index contributed by atoms with van der Waals surface area (Å²) >= 11 is 6.16. The van der Waals surface area contributed by atoms with Crippen LogP contribution in [0.5, 0.6) is 5.75 Å². The molecule has 8 nitrogen and oxygen atoms in total. The monoisotopic (exact) mass is 491 g/mol. The lowest BCUT2D eigenvalue weighted by atomic mass is 10.2. The van der Waals surface area contributed by atoms with Crippen LogP contribution in [0.3, 0.4) is 0 Å². The molecular weight excluding hydrogens is 475 g/mol. The predicted octanol–water partition coefficient (Wildman–Crippen LogP) is 4.87. The summed E-state index contributed by atoms with van der Waals surface area (Å²) in [5, 5.41) is 21.1. The summed E-state index contributed by atoms with van der Waals surface area (Å²) in [5.41, 5.74) is 4.75. The summed E-state index contributed by atoms with van der Waals surface area (Å²) in [6.45, 7) is 4.25. The molecule has 3 heterocycles. The third kappa shape index (κ3) is 5.29. The van der Waals surface area contributed by atoms with Gasteiger partial charge in [0.05, 0.1) is 27.7 Å². The molecule has 0 spiro atoms. The summed E-state index contributed by atoms with van der Waals surface area (Å²) in [4.78, 5) is 13.2. The Labute approximate surface area is 196 Å². The van der Waals surface area contributed by atoms with Crippen LogP contribution in [-0.4, -0.2) is 36.4 Å². The van der Waals surface area contributed by atoms with Crippen LogP contribution in [0.25, 0.3) is 11.3 Å². The van der Waals surface area contributed by atoms with E-state index >= 15 is 0 Å². The van der Waals surface area contributed by atoms with Crippen molar-refractivity contribution in [2.75, 3.05) is 0 Å². The highest BCUT2D eigenvalue weighted by Gasteiger charge is 2.38. The van der Waals surface area contributed by atoms with Gasteiger partial charge in [-0.15, -0.1) is 0 Å². The lowest BCUT2D eigenvalue weighted by molar-refractivity contribution is -0.192. The molecule has 0 radical (unpaired) electrons. The normalized spacial score (nSPS) is 11.0. The second-order valence-electron chi connectivity index (χ2n) is 6.95. The number of nitriles is 1. The van der Waals surface area contributed by atoms with Crippen LogP contribution in [0.15, 0.2) is 48.8 Å². The molecule has 1 N–H and O–H groups in total. The Hall–Kier alpha value is -4.04. The number of nitrogens with zero attached hydrogens (tertiary/aromatic N) is 5. The molecule has 0 amide bonds. The molecule has 4 rings (SSSR count). The Morgan fingerprint density at radius 1 is 1.26 bits per heavy atom. The van der Waals surface area contributed by atoms with Crippen LogP contribution >= 0.6 is 11.6 Å². The van der Waals surface area contributed by atoms with Gasteiger partial charge in [-0.2, -0.15) is 23.5 Å². The van der Waals surface area contributed by atoms with Gasteiger partial charge < -0.3 is 14.2 Å². The van der Waals surface area contributed by atoms with E-state index in [0.717, 1.165) is 34.2 Å². The number of carbonyl (C=O) groups is 1. The van der Waals surface area contributed by atoms with Crippen LogP contribution in [0.1, 0.15) is 22.6 Å². The first-order valence-corrected chi connectivity index (χ1v) is 10.0. The van der Waals surface area contributed by atoms with Crippen LogP contribution in [0, 0.1) is 25.2 Å². The SMILES string of the molecule is Cc1nn(-c2ccc(C#N)c(Cl)c2)c(C)c1OCc1cccc2nccn12.O=C(O)C(F)(F)F. The summed E-state index contributed by atoms with van der Waals surface area (Å²) < 4.78 is 41.6. The number of aliphatic carboxylic acids is 1. The first kappa shape index (κ1) is 24.6. The maximum atomic E-state index is 10.6. The minimum atomic E-state index is -5.08. The maximum absolute atomic E-state index is 10.6. The Morgan fingerprint density at radius 2 is 1.97 bits per heavy atom. The fourth-order valence-corrected chi connectivity index (χ4v) is 3.30. The van der Waals surface area contributed by atoms with Crippen LogP contribution < -0.4 is 4.74 Å². The van der Waals surface area contributed by atoms with Gasteiger partial charge in [-0.3, -0.25) is 0 Å². The van der Waals surface area contributed by atoms with E-state index in [1.807, 2.05) is 48.7 Å². The van der Waals surface area contributed by atoms with E-state index in [1.54, 1.807) is 23.0 Å². The number of benzene rings is 1. The fourth-order valence-electron chi connectivity index (χ4n) is 3.09. The number of carboxylic acid groups (broad SMARTS) is 1. The highest BCUT2D eigenvalue weighted by molar-refractivity contribution is 6.31. The van der Waals surface area contributed by atoms with E-state index in [-0.39, 0.29) is 0 Å². The number of fused-ring (bicyclic) bond motifs is 1. The number of carboxylic acids is 1. The highest BCUT2D eigenvalue weighted by atomic mass is 35.5. The Morgan fingerprint density at radius 3 is 2.59 bits per heavy atom. The molecule has 176 valence electrons. The quantitative estimate of drug-likeness (QED) is 0.436. The lowest BCUT2D eigenvalue weighted by Crippen LogP contribution is -2.21. The summed E-state index contributed by atoms with van der Waals surface area (Å²) in [6.07, 6.45) is -1.40. The largest absolute Gasteiger partial charge is 0.490 e. The van der Waals surface area contributed by atoms with Crippen molar-refractivity contribution < 1.29 is 27.8 Å². The minimum Gasteiger partial charge on any atom is -0.483 e. The molecule has 12 heteroatoms. The van der Waals surface area contributed by atoms with Gasteiger partial charge in [-0.1, -0.05) is 17.7 Å². The van der Waals surface area contributed by atoms with Crippen molar-refractivity contribution in [3.8, 4) is 17.5 Å². The van der Waals surface area contributed by atoms with Crippen molar-refractivity contribution >= 4 is 23.2 Å². The molecule has 3 aromatic heterocycles. The van der Waals surface area contributed by atoms with Gasteiger partial charge >= 0.3 is 12.1 Å². The minimum absolute atomic E-state index is 0.398. The Balaban J connectivity index is 0.000000406. The summed E-state index contributed by atoms with van der Waals surface area (Å²) in [6, 6.07) is 13.2. The number of aryl methyl sites for hydroxylation is 1. The first-order chi connectivity index (χ1) is 16.0. The van der Waals surface area contributed by atoms with Crippen molar-refractivity contribution in [3.63, 3.8) is 0 Å². The highest BCUT2D eigenvalue weighted by Crippen LogP contribution is 2.28. The molecule has 0 bridgehead atoms. The third-order valence-corrected chi connectivity index (χ3v) is 4.97. The van der Waals surface area contributed by atoms with Crippen LogP contribution in [0.4, 0.5) is 13.2 Å². The van der Waals surface area contributed by atoms with Crippen molar-refractivity contribution in [2.45, 2.75) is 26.6 Å². The van der Waals surface area contributed by atoms with Crippen molar-refractivity contribution in [3.05, 3.63) is 76.5 Å². The summed E-state index contributed by atoms with van der Waals surface area (Å²) in [5.74, 6) is -2.03. The number of hydrogen-bond donors (Lipinski definition) is 1. The fraction of sp³-hybridized carbons (Fsp3) is 0.182. The molecule has 0 saturated heterocycles. The lowest BCUT2D eigenvalue weighted by Gasteiger charge is -2.09. The van der Waals surface area contributed by atoms with E-state index in [0.29, 0.717) is 17.2 Å². The molecular formula is C22H17ClF3N5O3. The van der Waals surface area contributed by atoms with Gasteiger partial charge in [0.1, 0.15) is 24.0 Å². The van der Waals surface area contributed by atoms with Crippen LogP contribution in [-0.2, 0) is 11.4 Å². The van der Waals surface area contributed by atoms with Gasteiger partial charge in [0, 0.05) is 12.4 Å². The van der Waals surface area contributed by atoms with Gasteiger partial charge in [0.2, 0.25) is 0 Å². The topological polar surface area (TPSA) is 105 Å². The average molecular weight is 492 g/mol. The number of pyridine rings is 1. The molecule has 0 saturated carbocycles. The van der Waals surface area contributed by atoms with E-state index < -0.39 is 12.1 Å². The van der Waals surface area contributed by atoms with E-state index in [1.165, 1.54) is 0 Å². The molecule has 1 aromatic carbocycles. The molecule has 0 aliphatic rings. The van der Waals surface area contributed by atoms with Crippen molar-refractivity contribution in [2.24, 2.45) is 0 Å². The molecule has 0 unspecified atom stereocenters. The Kier molecular flexibility index (Phi) is 7.12. The molecule has 0 atom stereocenters. The zero-order valence-electron chi connectivity index (χ0n) is 17.8. The van der Waals surface area contributed by atoms with Crippen molar-refractivity contribution in [1.29, 1.82) is 5.26 Å². The zero-order chi connectivity index (χ0) is 25.0. The molecule has 0 aliphatic carbocycles. The van der Waals surface area contributed by atoms with Gasteiger partial charge in [0.15, 0.2) is 5.75 Å². The number of halogens is 4. The second kappa shape index (κ2) is 9.84. The Bertz CT molecular complexity index is 1390. The molecule has 34 heavy (non-hydrogen) atoms. The van der Waals surface area contributed by atoms with Crippen LogP contribution in [0.2, 0.25) is 5.02 Å². The van der Waals surface area contributed by atoms with E-state index in [9.17, 15) is 13.2 Å². The average Bonchev–Trinajstić information content (AvgIpc) is 3.37. The van der Waals surface area contributed by atoms with Crippen molar-refractivity contribution in [1.82, 2.24) is 19.2 Å². The predicted molar refractivity (Wildman–Crippen MR) is 116 cm³/mol. The number of rotatable bonds is 4. The molecule has 0 fully saturated rings. The summed E-state index contributed by atoms with van der Waals surface area (Å²) in [7, 11) is 0. The van der Waals surface area contributed by atoms with Gasteiger partial charge in [0.25, 0.3) is 0 Å². The maximum Gasteiger partial charge on any atom is 0.490 e. The molecule has 0 aliphatic heterocycles. The second-order valence-corrected chi connectivity index (χ2v) is 7.36. The third-order valence-electron chi connectivity index (χ3n) is 4.66. The van der Waals surface area contributed by atoms with E-state index in [4.69, 9.17) is 31.5 Å². The smallest absolute Gasteiger partial charge is 0.483 e. The number of aromatic nitrogens is 4. The molecule has 4 aromatic rings. The number of imidazole rings is 1. The number of hydrogen-bond acceptors (Lipinski definition) is 5. The van der Waals surface area contributed by atoms with Gasteiger partial charge in [-0.05, 0) is 44.2 Å². The van der Waals surface area contributed by atoms with Gasteiger partial charge in [-0.25, -0.2) is 14.5 Å². The number of alkyl halides is 3. The standard InChI is InChI=1S/C20H16ClN5O.C2HF3O2/c1-13-20(27-12-17-4-3-5-19-23-8-9-25(17)19)14(2)26(24-13)16-7-6-15(11-22)18(21)10-16;3-2(4,5)1(6)7/h3-10H,12H2,1-2H3;(H,6,7). The number of ether oxygens (including phenoxy) is 1. The first-order valence-electron chi connectivity index (χ1n) is 9.63. The zero-order valence-corrected chi connectivity index (χ0v) is 18.6.